The molecule has 84 valence electrons. The van der Waals surface area contributed by atoms with E-state index in [0.29, 0.717) is 5.82 Å². The summed E-state index contributed by atoms with van der Waals surface area (Å²) in [4.78, 5) is 20.8. The molecule has 2 heterocycles. The normalized spacial score (nSPS) is 10.6. The number of amides is 1. The van der Waals surface area contributed by atoms with E-state index in [-0.39, 0.29) is 12.5 Å². The number of nitrogens with zero attached hydrogens (tertiary/aromatic N) is 2. The van der Waals surface area contributed by atoms with Crippen molar-refractivity contribution >= 4 is 39.2 Å². The molecular formula is C9H11N5OS. The lowest BCUT2D eigenvalue weighted by Crippen LogP contribution is -2.22. The Hall–Kier alpha value is -1.89. The van der Waals surface area contributed by atoms with Crippen LogP contribution in [-0.4, -0.2) is 22.4 Å². The van der Waals surface area contributed by atoms with E-state index >= 15 is 0 Å². The van der Waals surface area contributed by atoms with E-state index in [1.165, 1.54) is 11.3 Å². The number of hydrogen-bond donors (Lipinski definition) is 3. The molecule has 0 aromatic carbocycles. The van der Waals surface area contributed by atoms with Crippen molar-refractivity contribution in [3.05, 3.63) is 10.9 Å². The fourth-order valence-electron chi connectivity index (χ4n) is 1.36. The molecule has 0 aliphatic carbocycles. The van der Waals surface area contributed by atoms with Crippen molar-refractivity contribution in [3.8, 4) is 0 Å². The molecule has 2 rings (SSSR count). The van der Waals surface area contributed by atoms with Crippen molar-refractivity contribution in [3.63, 3.8) is 0 Å². The minimum absolute atomic E-state index is 0.0282. The number of rotatable bonds is 3. The molecule has 0 aliphatic heterocycles. The molecule has 0 radical (unpaired) electrons. The fourth-order valence-corrected chi connectivity index (χ4v) is 2.25. The minimum atomic E-state index is -0.447. The summed E-state index contributed by atoms with van der Waals surface area (Å²) in [6.07, 6.45) is 0. The zero-order valence-electron chi connectivity index (χ0n) is 8.65. The van der Waals surface area contributed by atoms with E-state index in [1.807, 2.05) is 13.0 Å². The Morgan fingerprint density at radius 3 is 3.00 bits per heavy atom. The smallest absolute Gasteiger partial charge is 0.236 e. The first kappa shape index (κ1) is 10.6. The maximum Gasteiger partial charge on any atom is 0.236 e. The van der Waals surface area contributed by atoms with Gasteiger partial charge in [-0.25, -0.2) is 4.98 Å². The highest BCUT2D eigenvalue weighted by Crippen LogP contribution is 2.28. The van der Waals surface area contributed by atoms with Crippen LogP contribution in [0.3, 0.4) is 0 Å². The van der Waals surface area contributed by atoms with Gasteiger partial charge in [-0.15, -0.1) is 11.3 Å². The Kier molecular flexibility index (Phi) is 2.61. The molecule has 16 heavy (non-hydrogen) atoms. The first-order valence-corrected chi connectivity index (χ1v) is 5.44. The number of primary amides is 1. The van der Waals surface area contributed by atoms with E-state index < -0.39 is 5.91 Å². The van der Waals surface area contributed by atoms with Crippen molar-refractivity contribution in [1.82, 2.24) is 9.97 Å². The number of hydrogen-bond acceptors (Lipinski definition) is 6. The summed E-state index contributed by atoms with van der Waals surface area (Å²) in [5.74, 6) is 0.282. The summed E-state index contributed by atoms with van der Waals surface area (Å²) >= 11 is 1.53. The van der Waals surface area contributed by atoms with Gasteiger partial charge in [0.15, 0.2) is 0 Å². The number of aromatic nitrogens is 2. The number of fused-ring (bicyclic) bond motifs is 1. The van der Waals surface area contributed by atoms with E-state index in [1.54, 1.807) is 0 Å². The predicted molar refractivity (Wildman–Crippen MR) is 64.2 cm³/mol. The summed E-state index contributed by atoms with van der Waals surface area (Å²) in [6.45, 7) is 2.00. The number of anilines is 2. The second-order valence-corrected chi connectivity index (χ2v) is 4.56. The molecule has 0 fully saturated rings. The number of carbonyl (C=O) groups is 1. The average molecular weight is 237 g/mol. The van der Waals surface area contributed by atoms with Crippen LogP contribution in [0.1, 0.15) is 4.88 Å². The van der Waals surface area contributed by atoms with Gasteiger partial charge >= 0.3 is 0 Å². The molecular weight excluding hydrogens is 226 g/mol. The van der Waals surface area contributed by atoms with E-state index in [9.17, 15) is 4.79 Å². The fraction of sp³-hybridized carbons (Fsp3) is 0.222. The van der Waals surface area contributed by atoms with Gasteiger partial charge in [-0.05, 0) is 13.0 Å². The van der Waals surface area contributed by atoms with Gasteiger partial charge in [0.2, 0.25) is 11.9 Å². The van der Waals surface area contributed by atoms with Gasteiger partial charge in [-0.2, -0.15) is 4.98 Å². The van der Waals surface area contributed by atoms with Gasteiger partial charge in [0.25, 0.3) is 0 Å². The molecule has 0 aliphatic rings. The van der Waals surface area contributed by atoms with Crippen molar-refractivity contribution in [2.75, 3.05) is 17.6 Å². The van der Waals surface area contributed by atoms with Crippen LogP contribution in [0.5, 0.6) is 0 Å². The minimum Gasteiger partial charge on any atom is -0.368 e. The van der Waals surface area contributed by atoms with Gasteiger partial charge in [0.05, 0.1) is 11.9 Å². The van der Waals surface area contributed by atoms with Crippen LogP contribution in [-0.2, 0) is 4.79 Å². The van der Waals surface area contributed by atoms with Gasteiger partial charge < -0.3 is 16.8 Å². The van der Waals surface area contributed by atoms with Crippen molar-refractivity contribution in [2.45, 2.75) is 6.92 Å². The molecule has 0 saturated carbocycles. The second kappa shape index (κ2) is 3.93. The standard InChI is InChI=1S/C9H11N5OS/c1-4-2-5-7(12-3-6(10)15)13-9(11)14-8(5)16-4/h2H,3H2,1H3,(H2,10,15)(H3,11,12,13,14). The van der Waals surface area contributed by atoms with E-state index in [2.05, 4.69) is 15.3 Å². The van der Waals surface area contributed by atoms with Crippen LogP contribution in [0.2, 0.25) is 0 Å². The molecule has 2 aromatic heterocycles. The summed E-state index contributed by atoms with van der Waals surface area (Å²) < 4.78 is 0. The molecule has 0 atom stereocenters. The molecule has 5 N–H and O–H groups in total. The largest absolute Gasteiger partial charge is 0.368 e. The topological polar surface area (TPSA) is 107 Å². The van der Waals surface area contributed by atoms with E-state index in [4.69, 9.17) is 11.5 Å². The Balaban J connectivity index is 2.45. The van der Waals surface area contributed by atoms with Crippen LogP contribution < -0.4 is 16.8 Å². The maximum absolute atomic E-state index is 10.7. The number of nitrogens with two attached hydrogens (primary N) is 2. The monoisotopic (exact) mass is 237 g/mol. The van der Waals surface area contributed by atoms with Gasteiger partial charge in [0.1, 0.15) is 10.6 Å². The van der Waals surface area contributed by atoms with Gasteiger partial charge in [-0.1, -0.05) is 0 Å². The quantitative estimate of drug-likeness (QED) is 0.719. The molecule has 2 aromatic rings. The number of thiophene rings is 1. The third-order valence-electron chi connectivity index (χ3n) is 1.96. The molecule has 0 saturated heterocycles. The van der Waals surface area contributed by atoms with Crippen LogP contribution in [0.4, 0.5) is 11.8 Å². The number of aryl methyl sites for hydroxylation is 1. The molecule has 0 bridgehead atoms. The summed E-state index contributed by atoms with van der Waals surface area (Å²) in [6, 6.07) is 1.95. The lowest BCUT2D eigenvalue weighted by Gasteiger charge is -2.04. The van der Waals surface area contributed by atoms with Crippen LogP contribution >= 0.6 is 11.3 Å². The molecule has 1 amide bonds. The summed E-state index contributed by atoms with van der Waals surface area (Å²) in [5.41, 5.74) is 10.6. The first-order chi connectivity index (χ1) is 7.56. The van der Waals surface area contributed by atoms with Gasteiger partial charge in [-0.3, -0.25) is 4.79 Å². The molecule has 0 unspecified atom stereocenters. The second-order valence-electron chi connectivity index (χ2n) is 3.33. The van der Waals surface area contributed by atoms with Crippen molar-refractivity contribution < 1.29 is 4.79 Å². The lowest BCUT2D eigenvalue weighted by atomic mass is 10.3. The number of nitrogens with one attached hydrogen (secondary N) is 1. The third kappa shape index (κ3) is 2.03. The Morgan fingerprint density at radius 1 is 1.56 bits per heavy atom. The number of nitrogen functional groups attached to an aromatic ring is 1. The Labute approximate surface area is 95.7 Å². The lowest BCUT2D eigenvalue weighted by molar-refractivity contribution is -0.116. The molecule has 7 heteroatoms. The van der Waals surface area contributed by atoms with Crippen LogP contribution in [0, 0.1) is 6.92 Å². The van der Waals surface area contributed by atoms with Gasteiger partial charge in [0, 0.05) is 4.88 Å². The van der Waals surface area contributed by atoms with Crippen molar-refractivity contribution in [2.24, 2.45) is 5.73 Å². The summed E-state index contributed by atoms with van der Waals surface area (Å²) in [5, 5.41) is 3.70. The highest BCUT2D eigenvalue weighted by Gasteiger charge is 2.09. The SMILES string of the molecule is Cc1cc2c(NCC(N)=O)nc(N)nc2s1. The Morgan fingerprint density at radius 2 is 2.31 bits per heavy atom. The highest BCUT2D eigenvalue weighted by molar-refractivity contribution is 7.18. The molecule has 0 spiro atoms. The Bertz CT molecular complexity index is 550. The average Bonchev–Trinajstić information content (AvgIpc) is 2.54. The zero-order chi connectivity index (χ0) is 11.7. The highest BCUT2D eigenvalue weighted by atomic mass is 32.1. The van der Waals surface area contributed by atoms with Crippen LogP contribution in [0.15, 0.2) is 6.07 Å². The first-order valence-electron chi connectivity index (χ1n) is 4.62. The third-order valence-corrected chi connectivity index (χ3v) is 2.91. The maximum atomic E-state index is 10.7. The van der Waals surface area contributed by atoms with E-state index in [0.717, 1.165) is 15.1 Å². The van der Waals surface area contributed by atoms with Crippen LogP contribution in [0.25, 0.3) is 10.2 Å². The number of carbonyl (C=O) groups excluding carboxylic acids is 1. The zero-order valence-corrected chi connectivity index (χ0v) is 9.47. The molecule has 6 nitrogen and oxygen atoms in total. The predicted octanol–water partition coefficient (Wildman–Crippen LogP) is 0.479. The van der Waals surface area contributed by atoms with Crippen molar-refractivity contribution in [1.29, 1.82) is 0 Å². The summed E-state index contributed by atoms with van der Waals surface area (Å²) in [7, 11) is 0.